The van der Waals surface area contributed by atoms with Gasteiger partial charge >= 0.3 is 5.97 Å². The summed E-state index contributed by atoms with van der Waals surface area (Å²) in [5.74, 6) is -1.91. The van der Waals surface area contributed by atoms with Gasteiger partial charge in [-0.25, -0.2) is 17.6 Å². The maximum atomic E-state index is 13.0. The van der Waals surface area contributed by atoms with E-state index in [1.807, 2.05) is 0 Å². The normalized spacial score (nSPS) is 10.9. The molecule has 6 nitrogen and oxygen atoms in total. The molecule has 0 aliphatic carbocycles. The minimum Gasteiger partial charge on any atom is -0.478 e. The van der Waals surface area contributed by atoms with Gasteiger partial charge in [0.2, 0.25) is 0 Å². The second kappa shape index (κ2) is 5.51. The van der Waals surface area contributed by atoms with Crippen LogP contribution in [-0.2, 0) is 10.0 Å². The Morgan fingerprint density at radius 1 is 1.38 bits per heavy atom. The van der Waals surface area contributed by atoms with Crippen molar-refractivity contribution in [3.05, 3.63) is 46.6 Å². The molecular weight excluding hydrogens is 319 g/mol. The minimum absolute atomic E-state index is 0.0795. The van der Waals surface area contributed by atoms with Crippen LogP contribution in [0.5, 0.6) is 0 Å². The number of thiophene rings is 1. The number of carbonyl (C=O) groups is 1. The fourth-order valence-electron chi connectivity index (χ4n) is 1.46. The van der Waals surface area contributed by atoms with E-state index in [9.17, 15) is 17.6 Å². The van der Waals surface area contributed by atoms with E-state index in [2.05, 4.69) is 4.72 Å². The number of aromatic carboxylic acids is 1. The molecule has 2 aromatic rings. The van der Waals surface area contributed by atoms with Crippen LogP contribution >= 0.6 is 11.3 Å². The van der Waals surface area contributed by atoms with Gasteiger partial charge in [-0.05, 0) is 24.3 Å². The van der Waals surface area contributed by atoms with Gasteiger partial charge in [-0.2, -0.15) is 5.26 Å². The molecule has 0 aliphatic rings. The summed E-state index contributed by atoms with van der Waals surface area (Å²) in [4.78, 5) is 10.7. The maximum absolute atomic E-state index is 13.0. The molecule has 0 radical (unpaired) electrons. The number of sulfonamides is 1. The molecule has 0 fully saturated rings. The summed E-state index contributed by atoms with van der Waals surface area (Å²) in [7, 11) is -4.04. The van der Waals surface area contributed by atoms with Crippen molar-refractivity contribution in [1.29, 1.82) is 5.26 Å². The van der Waals surface area contributed by atoms with Crippen LogP contribution < -0.4 is 4.72 Å². The largest absolute Gasteiger partial charge is 0.478 e. The standard InChI is InChI=1S/C12H7FN2O4S2/c13-9-1-2-10(7(3-9)5-14)15-21(18,19)11-4-8(6-20-11)12(16)17/h1-4,6,15H,(H,16,17). The smallest absolute Gasteiger partial charge is 0.336 e. The highest BCUT2D eigenvalue weighted by Gasteiger charge is 2.20. The molecule has 9 heteroatoms. The molecule has 2 N–H and O–H groups in total. The van der Waals surface area contributed by atoms with Crippen LogP contribution in [0.3, 0.4) is 0 Å². The topological polar surface area (TPSA) is 107 Å². The number of hydrogen-bond acceptors (Lipinski definition) is 5. The molecule has 1 aromatic heterocycles. The van der Waals surface area contributed by atoms with Crippen LogP contribution in [-0.4, -0.2) is 19.5 Å². The van der Waals surface area contributed by atoms with E-state index in [0.717, 1.165) is 35.6 Å². The van der Waals surface area contributed by atoms with Crippen molar-refractivity contribution in [2.24, 2.45) is 0 Å². The number of nitriles is 1. The summed E-state index contributed by atoms with van der Waals surface area (Å²) in [6.45, 7) is 0. The van der Waals surface area contributed by atoms with Gasteiger partial charge < -0.3 is 5.11 Å². The van der Waals surface area contributed by atoms with Crippen molar-refractivity contribution in [3.8, 4) is 6.07 Å². The number of benzene rings is 1. The van der Waals surface area contributed by atoms with Crippen LogP contribution in [0.25, 0.3) is 0 Å². The van der Waals surface area contributed by atoms with Crippen molar-refractivity contribution in [3.63, 3.8) is 0 Å². The fourth-order valence-corrected chi connectivity index (χ4v) is 3.70. The molecule has 0 bridgehead atoms. The van der Waals surface area contributed by atoms with E-state index in [1.54, 1.807) is 6.07 Å². The second-order valence-electron chi connectivity index (χ2n) is 3.87. The molecule has 1 aromatic carbocycles. The highest BCUT2D eigenvalue weighted by Crippen LogP contribution is 2.25. The van der Waals surface area contributed by atoms with Gasteiger partial charge in [0.1, 0.15) is 16.1 Å². The Morgan fingerprint density at radius 3 is 2.67 bits per heavy atom. The van der Waals surface area contributed by atoms with E-state index in [0.29, 0.717) is 0 Å². The quantitative estimate of drug-likeness (QED) is 0.896. The van der Waals surface area contributed by atoms with E-state index in [1.165, 1.54) is 5.38 Å². The summed E-state index contributed by atoms with van der Waals surface area (Å²) in [5.41, 5.74) is -0.405. The lowest BCUT2D eigenvalue weighted by molar-refractivity contribution is 0.0697. The first-order chi connectivity index (χ1) is 9.83. The number of nitrogens with one attached hydrogen (secondary N) is 1. The number of hydrogen-bond donors (Lipinski definition) is 2. The van der Waals surface area contributed by atoms with Crippen molar-refractivity contribution < 1.29 is 22.7 Å². The number of carboxylic acid groups (broad SMARTS) is 1. The van der Waals surface area contributed by atoms with Gasteiger partial charge in [0.05, 0.1) is 16.8 Å². The van der Waals surface area contributed by atoms with E-state index >= 15 is 0 Å². The zero-order valence-corrected chi connectivity index (χ0v) is 11.8. The van der Waals surface area contributed by atoms with Crippen molar-refractivity contribution in [2.45, 2.75) is 4.21 Å². The molecule has 1 heterocycles. The first-order valence-corrected chi connectivity index (χ1v) is 7.74. The van der Waals surface area contributed by atoms with Crippen LogP contribution in [0, 0.1) is 17.1 Å². The molecule has 0 saturated heterocycles. The van der Waals surface area contributed by atoms with E-state index in [-0.39, 0.29) is 21.0 Å². The zero-order valence-electron chi connectivity index (χ0n) is 10.2. The first-order valence-electron chi connectivity index (χ1n) is 5.38. The Balaban J connectivity index is 2.37. The van der Waals surface area contributed by atoms with Crippen LogP contribution in [0.15, 0.2) is 33.9 Å². The summed E-state index contributed by atoms with van der Waals surface area (Å²) in [6, 6.07) is 5.71. The number of anilines is 1. The molecule has 0 unspecified atom stereocenters. The molecule has 0 amide bonds. The number of rotatable bonds is 4. The molecule has 0 saturated carbocycles. The lowest BCUT2D eigenvalue weighted by Gasteiger charge is -2.07. The van der Waals surface area contributed by atoms with Gasteiger partial charge in [0.25, 0.3) is 10.0 Å². The molecular formula is C12H7FN2O4S2. The Bertz CT molecular complexity index is 852. The monoisotopic (exact) mass is 326 g/mol. The Kier molecular flexibility index (Phi) is 3.93. The zero-order chi connectivity index (χ0) is 15.6. The summed E-state index contributed by atoms with van der Waals surface area (Å²) >= 11 is 0.732. The average Bonchev–Trinajstić information content (AvgIpc) is 2.91. The summed E-state index contributed by atoms with van der Waals surface area (Å²) in [6.07, 6.45) is 0. The average molecular weight is 326 g/mol. The second-order valence-corrected chi connectivity index (χ2v) is 6.69. The SMILES string of the molecule is N#Cc1cc(F)ccc1NS(=O)(=O)c1cc(C(=O)O)cs1. The summed E-state index contributed by atoms with van der Waals surface area (Å²) < 4.78 is 39.1. The fraction of sp³-hybridized carbons (Fsp3) is 0. The molecule has 108 valence electrons. The van der Waals surface area contributed by atoms with E-state index < -0.39 is 21.8 Å². The molecule has 21 heavy (non-hydrogen) atoms. The van der Waals surface area contributed by atoms with Crippen LogP contribution in [0.1, 0.15) is 15.9 Å². The Labute approximate surface area is 123 Å². The van der Waals surface area contributed by atoms with E-state index in [4.69, 9.17) is 10.4 Å². The van der Waals surface area contributed by atoms with Crippen molar-refractivity contribution in [2.75, 3.05) is 4.72 Å². The number of halogens is 1. The van der Waals surface area contributed by atoms with Gasteiger partial charge in [-0.1, -0.05) is 0 Å². The third-order valence-electron chi connectivity index (χ3n) is 2.43. The van der Waals surface area contributed by atoms with Gasteiger partial charge in [-0.15, -0.1) is 11.3 Å². The van der Waals surface area contributed by atoms with Gasteiger partial charge in [0, 0.05) is 5.38 Å². The van der Waals surface area contributed by atoms with Crippen molar-refractivity contribution in [1.82, 2.24) is 0 Å². The minimum atomic E-state index is -4.04. The Hall–Kier alpha value is -2.44. The van der Waals surface area contributed by atoms with Gasteiger partial charge in [0.15, 0.2) is 0 Å². The highest BCUT2D eigenvalue weighted by molar-refractivity contribution is 7.94. The van der Waals surface area contributed by atoms with Crippen molar-refractivity contribution >= 4 is 33.0 Å². The lowest BCUT2D eigenvalue weighted by atomic mass is 10.2. The van der Waals surface area contributed by atoms with Gasteiger partial charge in [-0.3, -0.25) is 4.72 Å². The lowest BCUT2D eigenvalue weighted by Crippen LogP contribution is -2.12. The highest BCUT2D eigenvalue weighted by atomic mass is 32.2. The molecule has 0 spiro atoms. The molecule has 2 rings (SSSR count). The third-order valence-corrected chi connectivity index (χ3v) is 5.24. The van der Waals surface area contributed by atoms with Crippen LogP contribution in [0.4, 0.5) is 10.1 Å². The first kappa shape index (κ1) is 15.0. The third kappa shape index (κ3) is 3.18. The molecule has 0 aliphatic heterocycles. The van der Waals surface area contributed by atoms with Crippen LogP contribution in [0.2, 0.25) is 0 Å². The number of carboxylic acids is 1. The Morgan fingerprint density at radius 2 is 2.10 bits per heavy atom. The predicted octanol–water partition coefficient (Wildman–Crippen LogP) is 2.26. The number of nitrogens with zero attached hydrogens (tertiary/aromatic N) is 1. The predicted molar refractivity (Wildman–Crippen MR) is 73.2 cm³/mol. The maximum Gasteiger partial charge on any atom is 0.336 e. The summed E-state index contributed by atoms with van der Waals surface area (Å²) in [5, 5.41) is 18.8. The molecule has 0 atom stereocenters.